The molecule has 56 valence electrons. The number of tetrazole rings is 1. The lowest BCUT2D eigenvalue weighted by Gasteiger charge is -1.93. The van der Waals surface area contributed by atoms with Crippen LogP contribution in [-0.4, -0.2) is 35.0 Å². The van der Waals surface area contributed by atoms with Gasteiger partial charge in [-0.15, -0.1) is 0 Å². The molecule has 0 radical (unpaired) electrons. The van der Waals surface area contributed by atoms with Gasteiger partial charge in [-0.2, -0.15) is 9.78 Å². The molecular weight excluding hydrogens is 146 g/mol. The average Bonchev–Trinajstić information content (AvgIpc) is 2.55. The van der Waals surface area contributed by atoms with Crippen molar-refractivity contribution in [3.05, 3.63) is 12.7 Å². The van der Waals surface area contributed by atoms with Gasteiger partial charge in [0.15, 0.2) is 0 Å². The highest BCUT2D eigenvalue weighted by Gasteiger charge is 2.02. The summed E-state index contributed by atoms with van der Waals surface area (Å²) in [6, 6.07) is 0. The Bertz CT molecular complexity index is 333. The third-order valence-corrected chi connectivity index (χ3v) is 1.22. The third-order valence-electron chi connectivity index (χ3n) is 1.22. The maximum Gasteiger partial charge on any atom is 0.271 e. The molecule has 11 heavy (non-hydrogen) atoms. The number of aryl methyl sites for hydroxylation is 1. The lowest BCUT2D eigenvalue weighted by Crippen LogP contribution is -2.04. The van der Waals surface area contributed by atoms with Crippen LogP contribution in [0.5, 0.6) is 0 Å². The van der Waals surface area contributed by atoms with Crippen LogP contribution in [0.1, 0.15) is 0 Å². The topological polar surface area (TPSA) is 74.3 Å². The number of rotatable bonds is 1. The zero-order valence-electron chi connectivity index (χ0n) is 5.79. The summed E-state index contributed by atoms with van der Waals surface area (Å²) in [7, 11) is 1.73. The molecule has 0 bridgehead atoms. The second kappa shape index (κ2) is 2.11. The van der Waals surface area contributed by atoms with Crippen molar-refractivity contribution in [3.8, 4) is 5.95 Å². The van der Waals surface area contributed by atoms with Crippen molar-refractivity contribution >= 4 is 0 Å². The van der Waals surface area contributed by atoms with Gasteiger partial charge in [0.1, 0.15) is 12.7 Å². The van der Waals surface area contributed by atoms with E-state index in [9.17, 15) is 0 Å². The minimum absolute atomic E-state index is 0.544. The van der Waals surface area contributed by atoms with E-state index < -0.39 is 0 Å². The summed E-state index contributed by atoms with van der Waals surface area (Å²) in [6.45, 7) is 0. The third kappa shape index (κ3) is 0.858. The van der Waals surface area contributed by atoms with Crippen LogP contribution in [0.15, 0.2) is 12.7 Å². The van der Waals surface area contributed by atoms with E-state index in [1.165, 1.54) is 22.0 Å². The van der Waals surface area contributed by atoms with Gasteiger partial charge in [-0.3, -0.25) is 0 Å². The lowest BCUT2D eigenvalue weighted by atomic mass is 10.9. The minimum Gasteiger partial charge on any atom is -0.223 e. The van der Waals surface area contributed by atoms with Gasteiger partial charge in [0.25, 0.3) is 5.95 Å². The van der Waals surface area contributed by atoms with Crippen molar-refractivity contribution in [1.82, 2.24) is 35.0 Å². The summed E-state index contributed by atoms with van der Waals surface area (Å²) in [4.78, 5) is 3.76. The van der Waals surface area contributed by atoms with Gasteiger partial charge in [0.05, 0.1) is 0 Å². The molecule has 0 N–H and O–H groups in total. The zero-order chi connectivity index (χ0) is 7.68. The quantitative estimate of drug-likeness (QED) is 0.511. The monoisotopic (exact) mass is 151 g/mol. The van der Waals surface area contributed by atoms with E-state index in [4.69, 9.17) is 0 Å². The van der Waals surface area contributed by atoms with Gasteiger partial charge in [-0.25, -0.2) is 9.67 Å². The van der Waals surface area contributed by atoms with E-state index >= 15 is 0 Å². The Morgan fingerprint density at radius 3 is 2.91 bits per heavy atom. The molecule has 0 saturated carbocycles. The molecule has 0 aromatic carbocycles. The maximum atomic E-state index is 3.86. The van der Waals surface area contributed by atoms with Gasteiger partial charge in [0, 0.05) is 7.05 Å². The first-order valence-electron chi connectivity index (χ1n) is 2.95. The van der Waals surface area contributed by atoms with Crippen LogP contribution >= 0.6 is 0 Å². The van der Waals surface area contributed by atoms with Crippen LogP contribution in [0.25, 0.3) is 5.95 Å². The van der Waals surface area contributed by atoms with Gasteiger partial charge < -0.3 is 0 Å². The summed E-state index contributed by atoms with van der Waals surface area (Å²) in [5.41, 5.74) is 0. The van der Waals surface area contributed by atoms with Crippen LogP contribution in [0.4, 0.5) is 0 Å². The first-order valence-corrected chi connectivity index (χ1v) is 2.95. The normalized spacial score (nSPS) is 10.3. The summed E-state index contributed by atoms with van der Waals surface area (Å²) < 4.78 is 2.99. The molecule has 0 atom stereocenters. The Labute approximate surface area is 61.7 Å². The van der Waals surface area contributed by atoms with Crippen LogP contribution in [0.3, 0.4) is 0 Å². The van der Waals surface area contributed by atoms with E-state index in [0.717, 1.165) is 0 Å². The Kier molecular flexibility index (Phi) is 1.14. The van der Waals surface area contributed by atoms with Gasteiger partial charge in [-0.05, 0) is 10.4 Å². The molecule has 7 nitrogen and oxygen atoms in total. The molecule has 0 aliphatic rings. The predicted molar refractivity (Wildman–Crippen MR) is 33.7 cm³/mol. The Morgan fingerprint density at radius 2 is 2.36 bits per heavy atom. The highest BCUT2D eigenvalue weighted by molar-refractivity contribution is 5.01. The van der Waals surface area contributed by atoms with Crippen LogP contribution in [0.2, 0.25) is 0 Å². The molecule has 0 unspecified atom stereocenters. The number of hydrogen-bond donors (Lipinski definition) is 0. The first-order chi connectivity index (χ1) is 5.38. The van der Waals surface area contributed by atoms with Gasteiger partial charge in [-0.1, -0.05) is 5.10 Å². The van der Waals surface area contributed by atoms with E-state index in [1.54, 1.807) is 7.05 Å². The summed E-state index contributed by atoms with van der Waals surface area (Å²) >= 11 is 0. The molecule has 0 fully saturated rings. The highest BCUT2D eigenvalue weighted by Crippen LogP contribution is 1.93. The Balaban J connectivity index is 2.53. The minimum atomic E-state index is 0.544. The Hall–Kier alpha value is -1.79. The molecule has 2 aromatic rings. The summed E-state index contributed by atoms with van der Waals surface area (Å²) in [6.07, 6.45) is 2.96. The van der Waals surface area contributed by atoms with Crippen LogP contribution in [-0.2, 0) is 7.05 Å². The van der Waals surface area contributed by atoms with E-state index in [2.05, 4.69) is 25.6 Å². The van der Waals surface area contributed by atoms with Crippen molar-refractivity contribution in [3.63, 3.8) is 0 Å². The van der Waals surface area contributed by atoms with Crippen molar-refractivity contribution in [2.24, 2.45) is 7.05 Å². The standard InChI is InChI=1S/C4H5N7/c1-10-4(7-8-9-10)11-3-5-2-6-11/h2-3H,1H3. The molecule has 2 aromatic heterocycles. The fourth-order valence-electron chi connectivity index (χ4n) is 0.730. The Morgan fingerprint density at radius 1 is 1.45 bits per heavy atom. The molecule has 0 aliphatic carbocycles. The van der Waals surface area contributed by atoms with Crippen molar-refractivity contribution < 1.29 is 0 Å². The van der Waals surface area contributed by atoms with Crippen LogP contribution in [0, 0.1) is 0 Å². The fourth-order valence-corrected chi connectivity index (χ4v) is 0.730. The molecule has 0 saturated heterocycles. The molecule has 2 rings (SSSR count). The van der Waals surface area contributed by atoms with E-state index in [0.29, 0.717) is 5.95 Å². The molecule has 0 aliphatic heterocycles. The number of nitrogens with zero attached hydrogens (tertiary/aromatic N) is 7. The molecule has 0 spiro atoms. The molecular formula is C4H5N7. The smallest absolute Gasteiger partial charge is 0.223 e. The highest BCUT2D eigenvalue weighted by atomic mass is 15.6. The lowest BCUT2D eigenvalue weighted by molar-refractivity contribution is 0.671. The fraction of sp³-hybridized carbons (Fsp3) is 0.250. The number of aromatic nitrogens is 7. The predicted octanol–water partition coefficient (Wildman–Crippen LogP) is -1.21. The molecule has 2 heterocycles. The van der Waals surface area contributed by atoms with Gasteiger partial charge in [0.2, 0.25) is 0 Å². The van der Waals surface area contributed by atoms with Crippen molar-refractivity contribution in [2.75, 3.05) is 0 Å². The van der Waals surface area contributed by atoms with Crippen molar-refractivity contribution in [2.45, 2.75) is 0 Å². The zero-order valence-corrected chi connectivity index (χ0v) is 5.79. The SMILES string of the molecule is Cn1nnnc1-n1cncn1. The average molecular weight is 151 g/mol. The molecule has 7 heteroatoms. The number of hydrogen-bond acceptors (Lipinski definition) is 5. The van der Waals surface area contributed by atoms with Crippen molar-refractivity contribution in [1.29, 1.82) is 0 Å². The van der Waals surface area contributed by atoms with E-state index in [1.807, 2.05) is 0 Å². The largest absolute Gasteiger partial charge is 0.271 e. The van der Waals surface area contributed by atoms with Crippen LogP contribution < -0.4 is 0 Å². The second-order valence-corrected chi connectivity index (χ2v) is 1.94. The van der Waals surface area contributed by atoms with Gasteiger partial charge >= 0.3 is 0 Å². The first kappa shape index (κ1) is 5.96. The molecule has 0 amide bonds. The second-order valence-electron chi connectivity index (χ2n) is 1.94. The summed E-state index contributed by atoms with van der Waals surface area (Å²) in [5.74, 6) is 0.544. The maximum absolute atomic E-state index is 3.86. The van der Waals surface area contributed by atoms with E-state index in [-0.39, 0.29) is 0 Å². The summed E-state index contributed by atoms with van der Waals surface area (Å²) in [5, 5.41) is 14.7.